The fraction of sp³-hybridized carbons (Fsp3) is 0.308. The minimum absolute atomic E-state index is 0.102. The van der Waals surface area contributed by atoms with Crippen molar-refractivity contribution in [3.63, 3.8) is 0 Å². The predicted octanol–water partition coefficient (Wildman–Crippen LogP) is 2.94. The maximum absolute atomic E-state index is 10.7. The average Bonchev–Trinajstić information content (AvgIpc) is 2.71. The lowest BCUT2D eigenvalue weighted by Crippen LogP contribution is -1.96. The molecule has 0 atom stereocenters. The van der Waals surface area contributed by atoms with Gasteiger partial charge in [0.1, 0.15) is 0 Å². The van der Waals surface area contributed by atoms with Crippen LogP contribution in [0.25, 0.3) is 0 Å². The Morgan fingerprint density at radius 2 is 2.16 bits per heavy atom. The van der Waals surface area contributed by atoms with Gasteiger partial charge in [0.15, 0.2) is 0 Å². The van der Waals surface area contributed by atoms with Crippen molar-refractivity contribution in [1.29, 1.82) is 0 Å². The Labute approximate surface area is 111 Å². The van der Waals surface area contributed by atoms with E-state index < -0.39 is 4.92 Å². The first kappa shape index (κ1) is 13.1. The molecule has 0 fully saturated rings. The molecule has 1 N–H and O–H groups in total. The summed E-state index contributed by atoms with van der Waals surface area (Å²) in [5.74, 6) is 0. The lowest BCUT2D eigenvalue weighted by atomic mass is 10.1. The molecule has 100 valence electrons. The highest BCUT2D eigenvalue weighted by atomic mass is 16.6. The van der Waals surface area contributed by atoms with Crippen molar-refractivity contribution in [3.05, 3.63) is 45.8 Å². The van der Waals surface area contributed by atoms with Crippen LogP contribution < -0.4 is 5.32 Å². The van der Waals surface area contributed by atoms with Crippen molar-refractivity contribution in [2.75, 3.05) is 5.32 Å². The SMILES string of the molecule is CCc1nn(C)cc1Nc1ccc([N+](=O)[O-])cc1C. The van der Waals surface area contributed by atoms with Crippen molar-refractivity contribution in [3.8, 4) is 0 Å². The highest BCUT2D eigenvalue weighted by Crippen LogP contribution is 2.26. The smallest absolute Gasteiger partial charge is 0.269 e. The van der Waals surface area contributed by atoms with Gasteiger partial charge in [-0.3, -0.25) is 14.8 Å². The average molecular weight is 260 g/mol. The number of nitro benzene ring substituents is 1. The molecule has 0 aliphatic carbocycles. The molecule has 2 rings (SSSR count). The van der Waals surface area contributed by atoms with E-state index in [9.17, 15) is 10.1 Å². The molecule has 0 spiro atoms. The number of nitrogens with zero attached hydrogens (tertiary/aromatic N) is 3. The number of hydrogen-bond acceptors (Lipinski definition) is 4. The van der Waals surface area contributed by atoms with Crippen LogP contribution in [0.3, 0.4) is 0 Å². The van der Waals surface area contributed by atoms with Gasteiger partial charge in [0.25, 0.3) is 5.69 Å². The topological polar surface area (TPSA) is 73.0 Å². The summed E-state index contributed by atoms with van der Waals surface area (Å²) in [5.41, 5.74) is 3.69. The molecule has 0 aliphatic heterocycles. The number of hydrogen-bond donors (Lipinski definition) is 1. The zero-order chi connectivity index (χ0) is 14.0. The highest BCUT2D eigenvalue weighted by molar-refractivity contribution is 5.65. The van der Waals surface area contributed by atoms with Gasteiger partial charge in [-0.05, 0) is 25.0 Å². The Kier molecular flexibility index (Phi) is 3.50. The molecule has 0 saturated heterocycles. The second-order valence-corrected chi connectivity index (χ2v) is 4.40. The van der Waals surface area contributed by atoms with Gasteiger partial charge in [-0.2, -0.15) is 5.10 Å². The van der Waals surface area contributed by atoms with Gasteiger partial charge >= 0.3 is 0 Å². The van der Waals surface area contributed by atoms with Crippen molar-refractivity contribution < 1.29 is 4.92 Å². The third kappa shape index (κ3) is 2.73. The van der Waals surface area contributed by atoms with E-state index in [1.807, 2.05) is 27.1 Å². The molecule has 0 aliphatic rings. The van der Waals surface area contributed by atoms with Crippen LogP contribution in [-0.2, 0) is 13.5 Å². The molecule has 1 aromatic heterocycles. The minimum Gasteiger partial charge on any atom is -0.353 e. The normalized spacial score (nSPS) is 10.5. The number of nitro groups is 1. The second-order valence-electron chi connectivity index (χ2n) is 4.40. The third-order valence-corrected chi connectivity index (χ3v) is 2.93. The fourth-order valence-electron chi connectivity index (χ4n) is 1.95. The predicted molar refractivity (Wildman–Crippen MR) is 73.7 cm³/mol. The molecule has 0 amide bonds. The fourth-order valence-corrected chi connectivity index (χ4v) is 1.95. The molecule has 1 heterocycles. The molecule has 0 bridgehead atoms. The number of rotatable bonds is 4. The van der Waals surface area contributed by atoms with Gasteiger partial charge < -0.3 is 5.32 Å². The number of non-ortho nitro benzene ring substituents is 1. The van der Waals surface area contributed by atoms with Gasteiger partial charge in [-0.1, -0.05) is 6.92 Å². The van der Waals surface area contributed by atoms with E-state index in [1.165, 1.54) is 6.07 Å². The Balaban J connectivity index is 2.30. The molecule has 6 nitrogen and oxygen atoms in total. The number of aromatic nitrogens is 2. The molecule has 2 aromatic rings. The summed E-state index contributed by atoms with van der Waals surface area (Å²) in [4.78, 5) is 10.3. The summed E-state index contributed by atoms with van der Waals surface area (Å²) >= 11 is 0. The summed E-state index contributed by atoms with van der Waals surface area (Å²) in [7, 11) is 1.87. The quantitative estimate of drug-likeness (QED) is 0.677. The lowest BCUT2D eigenvalue weighted by molar-refractivity contribution is -0.384. The summed E-state index contributed by atoms with van der Waals surface area (Å²) in [5, 5.41) is 18.3. The van der Waals surface area contributed by atoms with Crippen molar-refractivity contribution in [2.45, 2.75) is 20.3 Å². The van der Waals surface area contributed by atoms with Crippen LogP contribution in [0.15, 0.2) is 24.4 Å². The zero-order valence-electron chi connectivity index (χ0n) is 11.2. The first-order valence-corrected chi connectivity index (χ1v) is 6.06. The first-order valence-electron chi connectivity index (χ1n) is 6.06. The third-order valence-electron chi connectivity index (χ3n) is 2.93. The van der Waals surface area contributed by atoms with E-state index in [2.05, 4.69) is 10.4 Å². The molecule has 1 aromatic carbocycles. The number of benzene rings is 1. The molecular weight excluding hydrogens is 244 g/mol. The van der Waals surface area contributed by atoms with E-state index in [1.54, 1.807) is 16.8 Å². The summed E-state index contributed by atoms with van der Waals surface area (Å²) in [6.45, 7) is 3.88. The summed E-state index contributed by atoms with van der Waals surface area (Å²) in [6.07, 6.45) is 2.73. The van der Waals surface area contributed by atoms with Gasteiger partial charge in [0.05, 0.1) is 16.3 Å². The van der Waals surface area contributed by atoms with Gasteiger partial charge in [-0.25, -0.2) is 0 Å². The molecule has 19 heavy (non-hydrogen) atoms. The lowest BCUT2D eigenvalue weighted by Gasteiger charge is -2.08. The summed E-state index contributed by atoms with van der Waals surface area (Å²) < 4.78 is 1.75. The number of nitrogens with one attached hydrogen (secondary N) is 1. The highest BCUT2D eigenvalue weighted by Gasteiger charge is 2.10. The molecule has 6 heteroatoms. The zero-order valence-corrected chi connectivity index (χ0v) is 11.2. The number of anilines is 2. The van der Waals surface area contributed by atoms with Gasteiger partial charge in [-0.15, -0.1) is 0 Å². The van der Waals surface area contributed by atoms with Crippen LogP contribution in [0.2, 0.25) is 0 Å². The van der Waals surface area contributed by atoms with E-state index >= 15 is 0 Å². The molecule has 0 radical (unpaired) electrons. The van der Waals surface area contributed by atoms with Crippen molar-refractivity contribution in [1.82, 2.24) is 9.78 Å². The van der Waals surface area contributed by atoms with Crippen LogP contribution in [0, 0.1) is 17.0 Å². The van der Waals surface area contributed by atoms with Gasteiger partial charge in [0.2, 0.25) is 0 Å². The van der Waals surface area contributed by atoms with Crippen LogP contribution >= 0.6 is 0 Å². The van der Waals surface area contributed by atoms with E-state index in [4.69, 9.17) is 0 Å². The molecule has 0 saturated carbocycles. The van der Waals surface area contributed by atoms with Crippen LogP contribution in [-0.4, -0.2) is 14.7 Å². The molecule has 0 unspecified atom stereocenters. The summed E-state index contributed by atoms with van der Waals surface area (Å²) in [6, 6.07) is 4.78. The first-order chi connectivity index (χ1) is 9.01. The van der Waals surface area contributed by atoms with E-state index in [0.29, 0.717) is 0 Å². The Morgan fingerprint density at radius 1 is 1.42 bits per heavy atom. The van der Waals surface area contributed by atoms with Crippen molar-refractivity contribution in [2.24, 2.45) is 7.05 Å². The Hall–Kier alpha value is -2.37. The second kappa shape index (κ2) is 5.09. The van der Waals surface area contributed by atoms with Crippen molar-refractivity contribution >= 4 is 17.1 Å². The van der Waals surface area contributed by atoms with E-state index in [-0.39, 0.29) is 5.69 Å². The van der Waals surface area contributed by atoms with Crippen LogP contribution in [0.1, 0.15) is 18.2 Å². The minimum atomic E-state index is -0.391. The van der Waals surface area contributed by atoms with Gasteiger partial charge in [0, 0.05) is 31.1 Å². The number of aryl methyl sites for hydroxylation is 3. The Morgan fingerprint density at radius 3 is 2.74 bits per heavy atom. The molecular formula is C13H16N4O2. The Bertz CT molecular complexity index is 619. The largest absolute Gasteiger partial charge is 0.353 e. The van der Waals surface area contributed by atoms with Crippen LogP contribution in [0.5, 0.6) is 0 Å². The maximum atomic E-state index is 10.7. The maximum Gasteiger partial charge on any atom is 0.269 e. The van der Waals surface area contributed by atoms with Crippen LogP contribution in [0.4, 0.5) is 17.1 Å². The monoisotopic (exact) mass is 260 g/mol. The van der Waals surface area contributed by atoms with E-state index in [0.717, 1.165) is 29.1 Å². The standard InChI is InChI=1S/C13H16N4O2/c1-4-11-13(8-16(3)15-11)14-12-6-5-10(17(18)19)7-9(12)2/h5-8,14H,4H2,1-3H3.